The van der Waals surface area contributed by atoms with Gasteiger partial charge in [-0.05, 0) is 29.1 Å². The minimum atomic E-state index is -0.663. The van der Waals surface area contributed by atoms with Gasteiger partial charge in [0.1, 0.15) is 10.7 Å². The van der Waals surface area contributed by atoms with Crippen LogP contribution in [-0.2, 0) is 13.5 Å². The number of aliphatic hydroxyl groups is 1. The summed E-state index contributed by atoms with van der Waals surface area (Å²) in [7, 11) is 1.89. The van der Waals surface area contributed by atoms with E-state index in [1.165, 1.54) is 11.8 Å². The molecule has 19 heavy (non-hydrogen) atoms. The van der Waals surface area contributed by atoms with E-state index in [1.54, 1.807) is 12.4 Å². The molecule has 0 saturated heterocycles. The van der Waals surface area contributed by atoms with Crippen LogP contribution in [-0.4, -0.2) is 30.9 Å². The van der Waals surface area contributed by atoms with Crippen LogP contribution in [0.15, 0.2) is 22.2 Å². The number of aliphatic hydroxyl groups excluding tert-OH is 1. The molecule has 0 fully saturated rings. The van der Waals surface area contributed by atoms with Crippen LogP contribution in [0.3, 0.4) is 0 Å². The molecule has 1 N–H and O–H groups in total. The summed E-state index contributed by atoms with van der Waals surface area (Å²) in [4.78, 5) is 12.8. The quantitative estimate of drug-likeness (QED) is 0.863. The molecule has 0 aliphatic rings. The second-order valence-electron chi connectivity index (χ2n) is 4.21. The summed E-state index contributed by atoms with van der Waals surface area (Å²) in [5.41, 5.74) is 2.37. The summed E-state index contributed by atoms with van der Waals surface area (Å²) in [6, 6.07) is 0. The molecule has 1 unspecified atom stereocenters. The fourth-order valence-electron chi connectivity index (χ4n) is 1.91. The molecule has 2 rings (SSSR count). The van der Waals surface area contributed by atoms with Crippen molar-refractivity contribution in [3.63, 3.8) is 0 Å². The van der Waals surface area contributed by atoms with Gasteiger partial charge in [0, 0.05) is 25.9 Å². The van der Waals surface area contributed by atoms with Gasteiger partial charge in [0.2, 0.25) is 0 Å². The zero-order chi connectivity index (χ0) is 14.0. The van der Waals surface area contributed by atoms with Crippen LogP contribution in [0.4, 0.5) is 0 Å². The van der Waals surface area contributed by atoms with Crippen molar-refractivity contribution in [3.05, 3.63) is 34.1 Å². The Morgan fingerprint density at radius 1 is 1.42 bits per heavy atom. The van der Waals surface area contributed by atoms with Crippen LogP contribution in [0, 0.1) is 6.92 Å². The number of aromatic nitrogens is 4. The average molecular weight is 343 g/mol. The molecule has 0 amide bonds. The lowest BCUT2D eigenvalue weighted by Gasteiger charge is -2.12. The van der Waals surface area contributed by atoms with E-state index in [-0.39, 0.29) is 0 Å². The SMILES string of the molecule is CSc1nc(Br)c(C(O)Cc2cncc(C)n2)n1C. The predicted molar refractivity (Wildman–Crippen MR) is 78.1 cm³/mol. The maximum absolute atomic E-state index is 10.4. The minimum absolute atomic E-state index is 0.417. The first-order valence-electron chi connectivity index (χ1n) is 5.74. The van der Waals surface area contributed by atoms with Crippen LogP contribution in [0.5, 0.6) is 0 Å². The molecule has 0 aliphatic carbocycles. The highest BCUT2D eigenvalue weighted by Gasteiger charge is 2.20. The molecular formula is C12H15BrN4OS. The van der Waals surface area contributed by atoms with E-state index in [1.807, 2.05) is 24.8 Å². The Morgan fingerprint density at radius 2 is 2.16 bits per heavy atom. The van der Waals surface area contributed by atoms with Crippen molar-refractivity contribution in [1.82, 2.24) is 19.5 Å². The van der Waals surface area contributed by atoms with Crippen LogP contribution in [0.25, 0.3) is 0 Å². The lowest BCUT2D eigenvalue weighted by Crippen LogP contribution is -2.09. The molecule has 0 spiro atoms. The third kappa shape index (κ3) is 3.16. The molecule has 0 aromatic carbocycles. The van der Waals surface area contributed by atoms with Gasteiger partial charge in [-0.15, -0.1) is 0 Å². The summed E-state index contributed by atoms with van der Waals surface area (Å²) in [6.45, 7) is 1.88. The third-order valence-corrected chi connectivity index (χ3v) is 4.07. The maximum Gasteiger partial charge on any atom is 0.168 e. The van der Waals surface area contributed by atoms with Gasteiger partial charge in [-0.3, -0.25) is 9.97 Å². The molecule has 5 nitrogen and oxygen atoms in total. The molecule has 0 bridgehead atoms. The second-order valence-corrected chi connectivity index (χ2v) is 5.73. The van der Waals surface area contributed by atoms with Gasteiger partial charge in [0.05, 0.1) is 17.1 Å². The van der Waals surface area contributed by atoms with Crippen molar-refractivity contribution in [3.8, 4) is 0 Å². The van der Waals surface area contributed by atoms with Gasteiger partial charge in [-0.1, -0.05) is 11.8 Å². The zero-order valence-corrected chi connectivity index (χ0v) is 13.4. The summed E-state index contributed by atoms with van der Waals surface area (Å²) in [6.07, 6.45) is 5.08. The largest absolute Gasteiger partial charge is 0.386 e. The van der Waals surface area contributed by atoms with E-state index >= 15 is 0 Å². The van der Waals surface area contributed by atoms with Crippen LogP contribution in [0.1, 0.15) is 23.2 Å². The van der Waals surface area contributed by atoms with Gasteiger partial charge in [-0.2, -0.15) is 0 Å². The van der Waals surface area contributed by atoms with Crippen molar-refractivity contribution in [2.24, 2.45) is 7.05 Å². The summed E-state index contributed by atoms with van der Waals surface area (Å²) >= 11 is 4.94. The number of halogens is 1. The number of imidazole rings is 1. The normalized spacial score (nSPS) is 12.7. The molecule has 0 radical (unpaired) electrons. The van der Waals surface area contributed by atoms with Gasteiger partial charge >= 0.3 is 0 Å². The molecule has 2 aromatic heterocycles. The molecule has 7 heteroatoms. The first kappa shape index (κ1) is 14.5. The highest BCUT2D eigenvalue weighted by Crippen LogP contribution is 2.29. The standard InChI is InChI=1S/C12H15BrN4OS/c1-7-5-14-6-8(15-7)4-9(18)10-11(13)16-12(19-3)17(10)2/h5-6,9,18H,4H2,1-3H3. The number of nitrogens with zero attached hydrogens (tertiary/aromatic N) is 4. The molecular weight excluding hydrogens is 328 g/mol. The highest BCUT2D eigenvalue weighted by molar-refractivity contribution is 9.10. The molecule has 2 aromatic rings. The summed E-state index contributed by atoms with van der Waals surface area (Å²) in [5.74, 6) is 0. The van der Waals surface area contributed by atoms with Gasteiger partial charge in [-0.25, -0.2) is 4.98 Å². The zero-order valence-electron chi connectivity index (χ0n) is 11.0. The maximum atomic E-state index is 10.4. The summed E-state index contributed by atoms with van der Waals surface area (Å²) in [5, 5.41) is 11.2. The Kier molecular flexibility index (Phi) is 4.59. The van der Waals surface area contributed by atoms with Crippen molar-refractivity contribution in [2.75, 3.05) is 6.26 Å². The third-order valence-electron chi connectivity index (χ3n) is 2.76. The number of rotatable bonds is 4. The smallest absolute Gasteiger partial charge is 0.168 e. The average Bonchev–Trinajstić information content (AvgIpc) is 2.64. The van der Waals surface area contributed by atoms with Crippen molar-refractivity contribution in [2.45, 2.75) is 24.6 Å². The van der Waals surface area contributed by atoms with E-state index in [9.17, 15) is 5.11 Å². The van der Waals surface area contributed by atoms with Gasteiger partial charge in [0.25, 0.3) is 0 Å². The second kappa shape index (κ2) is 6.02. The first-order chi connectivity index (χ1) is 9.02. The van der Waals surface area contributed by atoms with Crippen LogP contribution in [0.2, 0.25) is 0 Å². The van der Waals surface area contributed by atoms with E-state index < -0.39 is 6.10 Å². The molecule has 2 heterocycles. The summed E-state index contributed by atoms with van der Waals surface area (Å²) < 4.78 is 2.57. The first-order valence-corrected chi connectivity index (χ1v) is 7.76. The van der Waals surface area contributed by atoms with Crippen LogP contribution >= 0.6 is 27.7 Å². The van der Waals surface area contributed by atoms with E-state index in [2.05, 4.69) is 30.9 Å². The number of hydrogen-bond donors (Lipinski definition) is 1. The van der Waals surface area contributed by atoms with Crippen LogP contribution < -0.4 is 0 Å². The van der Waals surface area contributed by atoms with Crippen molar-refractivity contribution in [1.29, 1.82) is 0 Å². The van der Waals surface area contributed by atoms with E-state index in [4.69, 9.17) is 0 Å². The molecule has 0 saturated carbocycles. The van der Waals surface area contributed by atoms with E-state index in [0.717, 1.165) is 22.2 Å². The van der Waals surface area contributed by atoms with E-state index in [0.29, 0.717) is 11.0 Å². The molecule has 102 valence electrons. The van der Waals surface area contributed by atoms with Gasteiger partial charge < -0.3 is 9.67 Å². The Labute approximate surface area is 124 Å². The fourth-order valence-corrected chi connectivity index (χ4v) is 3.28. The highest BCUT2D eigenvalue weighted by atomic mass is 79.9. The fraction of sp³-hybridized carbons (Fsp3) is 0.417. The number of hydrogen-bond acceptors (Lipinski definition) is 5. The number of aryl methyl sites for hydroxylation is 1. The lowest BCUT2D eigenvalue weighted by molar-refractivity contribution is 0.167. The molecule has 1 atom stereocenters. The van der Waals surface area contributed by atoms with Crippen molar-refractivity contribution < 1.29 is 5.11 Å². The Balaban J connectivity index is 2.25. The predicted octanol–water partition coefficient (Wildman–Crippen LogP) is 2.28. The van der Waals surface area contributed by atoms with Gasteiger partial charge in [0.15, 0.2) is 5.16 Å². The Hall–Kier alpha value is -0.920. The minimum Gasteiger partial charge on any atom is -0.386 e. The topological polar surface area (TPSA) is 63.8 Å². The monoisotopic (exact) mass is 342 g/mol. The molecule has 0 aliphatic heterocycles. The Bertz CT molecular complexity index is 587. The van der Waals surface area contributed by atoms with Crippen molar-refractivity contribution >= 4 is 27.7 Å². The lowest BCUT2D eigenvalue weighted by atomic mass is 10.1. The Morgan fingerprint density at radius 3 is 2.74 bits per heavy atom. The number of thioether (sulfide) groups is 1.